The van der Waals surface area contributed by atoms with Gasteiger partial charge in [0.1, 0.15) is 17.4 Å². The fourth-order valence-corrected chi connectivity index (χ4v) is 3.87. The molecule has 1 aliphatic rings. The normalized spacial score (nSPS) is 19.3. The number of piperidine rings is 1. The number of methoxy groups -OCH3 is 1. The van der Waals surface area contributed by atoms with Crippen LogP contribution in [0.4, 0.5) is 28.0 Å². The molecule has 2 atom stereocenters. The number of carbonyl (C=O) groups is 1. The first-order chi connectivity index (χ1) is 14.8. The van der Waals surface area contributed by atoms with Crippen molar-refractivity contribution in [2.45, 2.75) is 24.8 Å². The van der Waals surface area contributed by atoms with Gasteiger partial charge in [-0.1, -0.05) is 11.6 Å². The average Bonchev–Trinajstić information content (AvgIpc) is 2.70. The summed E-state index contributed by atoms with van der Waals surface area (Å²) < 4.78 is 60.1. The number of nitrogens with zero attached hydrogens (tertiary/aromatic N) is 1. The smallest absolute Gasteiger partial charge is 0.319 e. The summed E-state index contributed by atoms with van der Waals surface area (Å²) in [5.74, 6) is -2.57. The number of anilines is 1. The summed E-state index contributed by atoms with van der Waals surface area (Å²) in [6.07, 6.45) is -2.33. The van der Waals surface area contributed by atoms with Crippen molar-refractivity contribution in [3.63, 3.8) is 0 Å². The molecule has 0 radical (unpaired) electrons. The first-order valence-electron chi connectivity index (χ1n) is 9.63. The van der Waals surface area contributed by atoms with E-state index < -0.39 is 42.6 Å². The highest BCUT2D eigenvalue weighted by atomic mass is 35.5. The second kappa shape index (κ2) is 10.2. The number of urea groups is 1. The van der Waals surface area contributed by atoms with Crippen molar-refractivity contribution in [1.29, 1.82) is 0 Å². The lowest BCUT2D eigenvalue weighted by Gasteiger charge is -2.39. The quantitative estimate of drug-likeness (QED) is 0.606. The number of hydrogen-bond donors (Lipinski definition) is 2. The van der Waals surface area contributed by atoms with Crippen LogP contribution in [0.2, 0.25) is 5.02 Å². The maximum absolute atomic E-state index is 14.7. The Morgan fingerprint density at radius 2 is 1.87 bits per heavy atom. The van der Waals surface area contributed by atoms with Crippen LogP contribution in [0.25, 0.3) is 0 Å². The number of likely N-dealkylation sites (tertiary alicyclic amines) is 1. The highest BCUT2D eigenvalue weighted by Gasteiger charge is 2.36. The minimum Gasteiger partial charge on any atom is -0.497 e. The summed E-state index contributed by atoms with van der Waals surface area (Å²) in [4.78, 5) is 13.9. The molecule has 3 rings (SSSR count). The molecule has 1 unspecified atom stereocenters. The van der Waals surface area contributed by atoms with E-state index in [1.54, 1.807) is 24.3 Å². The Morgan fingerprint density at radius 1 is 1.23 bits per heavy atom. The van der Waals surface area contributed by atoms with Gasteiger partial charge in [0.05, 0.1) is 13.7 Å². The van der Waals surface area contributed by atoms with Crippen molar-refractivity contribution in [3.8, 4) is 5.75 Å². The fraction of sp³-hybridized carbons (Fsp3) is 0.381. The number of amides is 2. The molecule has 168 valence electrons. The summed E-state index contributed by atoms with van der Waals surface area (Å²) >= 11 is 5.83. The van der Waals surface area contributed by atoms with Crippen LogP contribution >= 0.6 is 11.6 Å². The van der Waals surface area contributed by atoms with Crippen molar-refractivity contribution in [3.05, 3.63) is 58.6 Å². The van der Waals surface area contributed by atoms with Crippen LogP contribution in [0.15, 0.2) is 36.4 Å². The molecule has 0 saturated carbocycles. The van der Waals surface area contributed by atoms with E-state index in [1.165, 1.54) is 12.0 Å². The van der Waals surface area contributed by atoms with Crippen molar-refractivity contribution in [1.82, 2.24) is 10.2 Å². The van der Waals surface area contributed by atoms with Gasteiger partial charge in [-0.3, -0.25) is 4.90 Å². The molecule has 31 heavy (non-hydrogen) atoms. The predicted octanol–water partition coefficient (Wildman–Crippen LogP) is 4.87. The third kappa shape index (κ3) is 6.01. The largest absolute Gasteiger partial charge is 0.497 e. The van der Waals surface area contributed by atoms with E-state index in [1.807, 2.05) is 0 Å². The summed E-state index contributed by atoms with van der Waals surface area (Å²) in [5, 5.41) is 5.86. The number of alkyl halides is 2. The Hall–Kier alpha value is -2.52. The molecule has 5 nitrogen and oxygen atoms in total. The summed E-state index contributed by atoms with van der Waals surface area (Å²) in [5.41, 5.74) is 0.215. The monoisotopic (exact) mass is 459 g/mol. The Labute approximate surface area is 182 Å². The Bertz CT molecular complexity index is 891. The molecule has 2 aromatic rings. The van der Waals surface area contributed by atoms with E-state index in [-0.39, 0.29) is 30.8 Å². The van der Waals surface area contributed by atoms with Crippen molar-refractivity contribution in [2.75, 3.05) is 32.1 Å². The molecule has 1 heterocycles. The maximum atomic E-state index is 14.7. The highest BCUT2D eigenvalue weighted by Crippen LogP contribution is 2.33. The molecular formula is C21H22ClF4N3O2. The molecule has 1 fully saturated rings. The Balaban J connectivity index is 1.82. The van der Waals surface area contributed by atoms with Crippen molar-refractivity contribution >= 4 is 23.3 Å². The molecule has 0 aromatic heterocycles. The molecule has 10 heteroatoms. The molecule has 0 bridgehead atoms. The SMILES string of the molecule is COc1cc(F)c(C2CN(CC(F)F)CC[C@H]2NC(=O)Nc2ccc(Cl)cc2)c(F)c1. The van der Waals surface area contributed by atoms with Gasteiger partial charge in [-0.05, 0) is 30.7 Å². The minimum atomic E-state index is -2.58. The van der Waals surface area contributed by atoms with Gasteiger partial charge in [-0.25, -0.2) is 22.4 Å². The number of hydrogen-bond acceptors (Lipinski definition) is 3. The molecule has 0 aliphatic carbocycles. The molecule has 1 aliphatic heterocycles. The zero-order chi connectivity index (χ0) is 22.5. The van der Waals surface area contributed by atoms with Gasteiger partial charge in [0.25, 0.3) is 6.43 Å². The van der Waals surface area contributed by atoms with E-state index >= 15 is 0 Å². The third-order valence-corrected chi connectivity index (χ3v) is 5.42. The van der Waals surface area contributed by atoms with E-state index in [4.69, 9.17) is 16.3 Å². The van der Waals surface area contributed by atoms with Gasteiger partial charge < -0.3 is 15.4 Å². The molecule has 2 amide bonds. The predicted molar refractivity (Wildman–Crippen MR) is 110 cm³/mol. The number of ether oxygens (including phenoxy) is 1. The standard InChI is InChI=1S/C21H22ClF4N3O2/c1-31-14-8-16(23)20(17(24)9-14)15-10-29(11-19(25)26)7-6-18(15)28-21(30)27-13-4-2-12(22)3-5-13/h2-5,8-9,15,18-19H,6-7,10-11H2,1H3,(H2,27,28,30)/t15?,18-/m1/s1. The molecule has 1 saturated heterocycles. The summed E-state index contributed by atoms with van der Waals surface area (Å²) in [6, 6.07) is 7.24. The number of rotatable bonds is 6. The zero-order valence-corrected chi connectivity index (χ0v) is 17.4. The zero-order valence-electron chi connectivity index (χ0n) is 16.7. The third-order valence-electron chi connectivity index (χ3n) is 5.17. The number of nitrogens with one attached hydrogen (secondary N) is 2. The van der Waals surface area contributed by atoms with Gasteiger partial charge in [-0.15, -0.1) is 0 Å². The van der Waals surface area contributed by atoms with Crippen molar-refractivity contribution in [2.24, 2.45) is 0 Å². The maximum Gasteiger partial charge on any atom is 0.319 e. The van der Waals surface area contributed by atoms with Crippen LogP contribution in [0, 0.1) is 11.6 Å². The minimum absolute atomic E-state index is 0.00369. The van der Waals surface area contributed by atoms with Gasteiger partial charge in [0.2, 0.25) is 0 Å². The van der Waals surface area contributed by atoms with Crippen LogP contribution in [-0.2, 0) is 0 Å². The van der Waals surface area contributed by atoms with Crippen molar-refractivity contribution < 1.29 is 27.1 Å². The van der Waals surface area contributed by atoms with Gasteiger partial charge >= 0.3 is 6.03 Å². The van der Waals surface area contributed by atoms with Crippen LogP contribution in [0.3, 0.4) is 0 Å². The number of halogens is 5. The fourth-order valence-electron chi connectivity index (χ4n) is 3.75. The second-order valence-electron chi connectivity index (χ2n) is 7.26. The lowest BCUT2D eigenvalue weighted by Crippen LogP contribution is -2.51. The topological polar surface area (TPSA) is 53.6 Å². The van der Waals surface area contributed by atoms with E-state index in [2.05, 4.69) is 10.6 Å². The number of benzene rings is 2. The summed E-state index contributed by atoms with van der Waals surface area (Å²) in [7, 11) is 1.28. The molecule has 0 spiro atoms. The highest BCUT2D eigenvalue weighted by molar-refractivity contribution is 6.30. The van der Waals surface area contributed by atoms with Crippen LogP contribution < -0.4 is 15.4 Å². The van der Waals surface area contributed by atoms with Crippen LogP contribution in [-0.4, -0.2) is 50.1 Å². The molecule has 2 N–H and O–H groups in total. The lowest BCUT2D eigenvalue weighted by molar-refractivity contribution is 0.0668. The second-order valence-corrected chi connectivity index (χ2v) is 7.70. The van der Waals surface area contributed by atoms with Gasteiger partial charge in [0.15, 0.2) is 0 Å². The molecular weight excluding hydrogens is 438 g/mol. The van der Waals surface area contributed by atoms with E-state index in [0.717, 1.165) is 12.1 Å². The van der Waals surface area contributed by atoms with Crippen LogP contribution in [0.1, 0.15) is 17.9 Å². The van der Waals surface area contributed by atoms with E-state index in [9.17, 15) is 22.4 Å². The first kappa shape index (κ1) is 23.1. The lowest BCUT2D eigenvalue weighted by atomic mass is 9.85. The van der Waals surface area contributed by atoms with Gasteiger partial charge in [0, 0.05) is 53.5 Å². The Morgan fingerprint density at radius 3 is 2.45 bits per heavy atom. The van der Waals surface area contributed by atoms with Gasteiger partial charge in [-0.2, -0.15) is 0 Å². The van der Waals surface area contributed by atoms with Crippen LogP contribution in [0.5, 0.6) is 5.75 Å². The average molecular weight is 460 g/mol. The molecule has 2 aromatic carbocycles. The van der Waals surface area contributed by atoms with E-state index in [0.29, 0.717) is 10.7 Å². The number of carbonyl (C=O) groups excluding carboxylic acids is 1. The first-order valence-corrected chi connectivity index (χ1v) is 10.0. The summed E-state index contributed by atoms with van der Waals surface area (Å²) in [6.45, 7) is -0.290. The Kier molecular flexibility index (Phi) is 7.61.